The lowest BCUT2D eigenvalue weighted by Crippen LogP contribution is -2.12. The third-order valence-electron chi connectivity index (χ3n) is 2.47. The first-order valence-corrected chi connectivity index (χ1v) is 5.08. The monoisotopic (exact) mass is 243 g/mol. The van der Waals surface area contributed by atoms with Gasteiger partial charge in [0.05, 0.1) is 10.5 Å². The van der Waals surface area contributed by atoms with Crippen molar-refractivity contribution in [1.82, 2.24) is 4.98 Å². The summed E-state index contributed by atoms with van der Waals surface area (Å²) in [6, 6.07) is 7.43. The van der Waals surface area contributed by atoms with Crippen LogP contribution in [0.2, 0.25) is 0 Å². The second kappa shape index (κ2) is 4.62. The number of hydrogen-bond acceptors (Lipinski definition) is 4. The molecule has 0 fully saturated rings. The molecule has 0 saturated heterocycles. The number of amides is 1. The van der Waals surface area contributed by atoms with Gasteiger partial charge in [0.25, 0.3) is 5.69 Å². The Hall–Kier alpha value is -2.76. The largest absolute Gasteiger partial charge is 0.366 e. The summed E-state index contributed by atoms with van der Waals surface area (Å²) in [6.07, 6.45) is 3.14. The molecule has 0 saturated carbocycles. The van der Waals surface area contributed by atoms with Crippen LogP contribution in [0, 0.1) is 10.1 Å². The van der Waals surface area contributed by atoms with E-state index in [0.717, 1.165) is 5.56 Å². The maximum absolute atomic E-state index is 11.4. The number of non-ortho nitro benzene ring substituents is 1. The van der Waals surface area contributed by atoms with Gasteiger partial charge in [-0.25, -0.2) is 0 Å². The predicted octanol–water partition coefficient (Wildman–Crippen LogP) is 1.76. The topological polar surface area (TPSA) is 99.1 Å². The van der Waals surface area contributed by atoms with E-state index in [1.807, 2.05) is 0 Å². The minimum absolute atomic E-state index is 0.121. The third kappa shape index (κ3) is 2.17. The number of nitrogens with two attached hydrogens (primary N) is 1. The fourth-order valence-electron chi connectivity index (χ4n) is 1.63. The fraction of sp³-hybridized carbons (Fsp3) is 0. The first-order chi connectivity index (χ1) is 8.59. The first kappa shape index (κ1) is 11.7. The number of benzene rings is 1. The van der Waals surface area contributed by atoms with E-state index in [4.69, 9.17) is 5.73 Å². The van der Waals surface area contributed by atoms with Gasteiger partial charge in [0.15, 0.2) is 0 Å². The summed E-state index contributed by atoms with van der Waals surface area (Å²) in [4.78, 5) is 25.3. The van der Waals surface area contributed by atoms with Crippen molar-refractivity contribution in [2.45, 2.75) is 0 Å². The summed E-state index contributed by atoms with van der Waals surface area (Å²) in [6.45, 7) is 0. The number of rotatable bonds is 3. The molecule has 0 bridgehead atoms. The van der Waals surface area contributed by atoms with Gasteiger partial charge in [0, 0.05) is 24.5 Å². The highest BCUT2D eigenvalue weighted by molar-refractivity contribution is 6.00. The minimum atomic E-state index is -0.703. The summed E-state index contributed by atoms with van der Waals surface area (Å²) in [5, 5.41) is 10.7. The molecule has 1 aromatic carbocycles. The lowest BCUT2D eigenvalue weighted by atomic mass is 9.99. The summed E-state index contributed by atoms with van der Waals surface area (Å²) in [7, 11) is 0. The third-order valence-corrected chi connectivity index (χ3v) is 2.47. The van der Waals surface area contributed by atoms with Crippen LogP contribution in [0.15, 0.2) is 42.7 Å². The van der Waals surface area contributed by atoms with Gasteiger partial charge in [-0.05, 0) is 29.3 Å². The quantitative estimate of drug-likeness (QED) is 0.655. The molecule has 0 unspecified atom stereocenters. The number of nitrogens with zero attached hydrogens (tertiary/aromatic N) is 2. The van der Waals surface area contributed by atoms with Crippen LogP contribution in [-0.2, 0) is 0 Å². The molecule has 1 amide bonds. The molecule has 1 aromatic heterocycles. The van der Waals surface area contributed by atoms with Crippen LogP contribution in [-0.4, -0.2) is 15.8 Å². The Kier molecular flexibility index (Phi) is 3.01. The number of nitro benzene ring substituents is 1. The van der Waals surface area contributed by atoms with Crippen LogP contribution >= 0.6 is 0 Å². The van der Waals surface area contributed by atoms with Gasteiger partial charge in [-0.15, -0.1) is 0 Å². The van der Waals surface area contributed by atoms with Crippen molar-refractivity contribution in [3.8, 4) is 11.1 Å². The van der Waals surface area contributed by atoms with Gasteiger partial charge in [0.2, 0.25) is 5.91 Å². The summed E-state index contributed by atoms with van der Waals surface area (Å²) < 4.78 is 0. The van der Waals surface area contributed by atoms with Crippen LogP contribution in [0.5, 0.6) is 0 Å². The van der Waals surface area contributed by atoms with E-state index in [0.29, 0.717) is 5.56 Å². The van der Waals surface area contributed by atoms with E-state index >= 15 is 0 Å². The predicted molar refractivity (Wildman–Crippen MR) is 64.8 cm³/mol. The zero-order chi connectivity index (χ0) is 13.1. The molecular weight excluding hydrogens is 234 g/mol. The van der Waals surface area contributed by atoms with E-state index in [1.54, 1.807) is 24.5 Å². The number of hydrogen-bond donors (Lipinski definition) is 1. The maximum Gasteiger partial charge on any atom is 0.270 e. The van der Waals surface area contributed by atoms with Crippen molar-refractivity contribution >= 4 is 11.6 Å². The fourth-order valence-corrected chi connectivity index (χ4v) is 1.63. The van der Waals surface area contributed by atoms with Crippen molar-refractivity contribution in [3.05, 3.63) is 58.4 Å². The van der Waals surface area contributed by atoms with Gasteiger partial charge in [-0.2, -0.15) is 0 Å². The van der Waals surface area contributed by atoms with Crippen LogP contribution in [0.4, 0.5) is 5.69 Å². The van der Waals surface area contributed by atoms with Gasteiger partial charge < -0.3 is 5.73 Å². The SMILES string of the molecule is NC(=O)c1cc([N+](=O)[O-])ccc1-c1ccncc1. The molecule has 90 valence electrons. The molecule has 0 spiro atoms. The Bertz CT molecular complexity index is 611. The highest BCUT2D eigenvalue weighted by atomic mass is 16.6. The molecule has 2 rings (SSSR count). The molecule has 0 aliphatic rings. The Morgan fingerprint density at radius 2 is 1.89 bits per heavy atom. The summed E-state index contributed by atoms with van der Waals surface area (Å²) in [5.74, 6) is -0.703. The Balaban J connectivity index is 2.61. The highest BCUT2D eigenvalue weighted by Gasteiger charge is 2.15. The van der Waals surface area contributed by atoms with Gasteiger partial charge >= 0.3 is 0 Å². The summed E-state index contributed by atoms with van der Waals surface area (Å²) >= 11 is 0. The van der Waals surface area contributed by atoms with Gasteiger partial charge in [-0.3, -0.25) is 19.9 Å². The van der Waals surface area contributed by atoms with Crippen molar-refractivity contribution in [2.24, 2.45) is 5.73 Å². The number of carbonyl (C=O) groups is 1. The lowest BCUT2D eigenvalue weighted by molar-refractivity contribution is -0.384. The van der Waals surface area contributed by atoms with E-state index in [-0.39, 0.29) is 11.3 Å². The molecule has 1 heterocycles. The average molecular weight is 243 g/mol. The van der Waals surface area contributed by atoms with Crippen molar-refractivity contribution in [1.29, 1.82) is 0 Å². The number of aromatic nitrogens is 1. The molecule has 6 heteroatoms. The highest BCUT2D eigenvalue weighted by Crippen LogP contribution is 2.26. The second-order valence-electron chi connectivity index (χ2n) is 3.59. The minimum Gasteiger partial charge on any atom is -0.366 e. The smallest absolute Gasteiger partial charge is 0.270 e. The number of nitro groups is 1. The molecule has 2 aromatic rings. The summed E-state index contributed by atoms with van der Waals surface area (Å²) in [5.41, 5.74) is 6.48. The molecule has 0 aliphatic heterocycles. The van der Waals surface area contributed by atoms with Crippen molar-refractivity contribution in [2.75, 3.05) is 0 Å². The molecule has 2 N–H and O–H groups in total. The van der Waals surface area contributed by atoms with Gasteiger partial charge in [-0.1, -0.05) is 0 Å². The van der Waals surface area contributed by atoms with E-state index in [2.05, 4.69) is 4.98 Å². The molecular formula is C12H9N3O3. The van der Waals surface area contributed by atoms with Crippen LogP contribution in [0.1, 0.15) is 10.4 Å². The Morgan fingerprint density at radius 1 is 1.22 bits per heavy atom. The number of primary amides is 1. The molecule has 0 aliphatic carbocycles. The van der Waals surface area contributed by atoms with E-state index in [9.17, 15) is 14.9 Å². The Morgan fingerprint density at radius 3 is 2.44 bits per heavy atom. The van der Waals surface area contributed by atoms with E-state index in [1.165, 1.54) is 18.2 Å². The normalized spacial score (nSPS) is 10.0. The van der Waals surface area contributed by atoms with Crippen LogP contribution in [0.25, 0.3) is 11.1 Å². The lowest BCUT2D eigenvalue weighted by Gasteiger charge is -2.06. The van der Waals surface area contributed by atoms with Crippen LogP contribution < -0.4 is 5.73 Å². The number of carbonyl (C=O) groups excluding carboxylic acids is 1. The zero-order valence-electron chi connectivity index (χ0n) is 9.24. The van der Waals surface area contributed by atoms with Crippen molar-refractivity contribution in [3.63, 3.8) is 0 Å². The first-order valence-electron chi connectivity index (χ1n) is 5.08. The molecule has 0 radical (unpaired) electrons. The van der Waals surface area contributed by atoms with E-state index < -0.39 is 10.8 Å². The average Bonchev–Trinajstić information content (AvgIpc) is 2.39. The standard InChI is InChI=1S/C12H9N3O3/c13-12(16)11-7-9(15(17)18)1-2-10(11)8-3-5-14-6-4-8/h1-7H,(H2,13,16). The van der Waals surface area contributed by atoms with Crippen molar-refractivity contribution < 1.29 is 9.72 Å². The Labute approximate surface area is 102 Å². The van der Waals surface area contributed by atoms with Gasteiger partial charge in [0.1, 0.15) is 0 Å². The molecule has 0 atom stereocenters. The second-order valence-corrected chi connectivity index (χ2v) is 3.59. The maximum atomic E-state index is 11.4. The molecule has 6 nitrogen and oxygen atoms in total. The zero-order valence-corrected chi connectivity index (χ0v) is 9.24. The number of pyridine rings is 1. The molecule has 18 heavy (non-hydrogen) atoms. The van der Waals surface area contributed by atoms with Crippen LogP contribution in [0.3, 0.4) is 0 Å².